The lowest BCUT2D eigenvalue weighted by Gasteiger charge is -2.12. The number of carbonyl (C=O) groups excluding carboxylic acids is 1. The Hall–Kier alpha value is -1.66. The first kappa shape index (κ1) is 16.7. The number of rotatable bonds is 4. The summed E-state index contributed by atoms with van der Waals surface area (Å²) in [6.07, 6.45) is 1.11. The van der Waals surface area contributed by atoms with Crippen LogP contribution in [0.25, 0.3) is 0 Å². The van der Waals surface area contributed by atoms with Gasteiger partial charge in [0.15, 0.2) is 9.84 Å². The molecule has 2 rings (SSSR count). The smallest absolute Gasteiger partial charge is 0.262 e. The van der Waals surface area contributed by atoms with E-state index in [0.29, 0.717) is 6.54 Å². The van der Waals surface area contributed by atoms with Crippen molar-refractivity contribution in [3.8, 4) is 0 Å². The lowest BCUT2D eigenvalue weighted by molar-refractivity contribution is 0.0952. The van der Waals surface area contributed by atoms with E-state index >= 15 is 0 Å². The fourth-order valence-corrected chi connectivity index (χ4v) is 4.63. The van der Waals surface area contributed by atoms with Crippen molar-refractivity contribution in [1.82, 2.24) is 5.32 Å². The van der Waals surface area contributed by atoms with Crippen LogP contribution in [0.2, 0.25) is 0 Å². The van der Waals surface area contributed by atoms with Gasteiger partial charge in [-0.1, -0.05) is 17.7 Å². The van der Waals surface area contributed by atoms with Gasteiger partial charge in [0.25, 0.3) is 5.91 Å². The Bertz CT molecular complexity index is 797. The highest BCUT2D eigenvalue weighted by molar-refractivity contribution is 7.91. The van der Waals surface area contributed by atoms with Crippen LogP contribution in [0.5, 0.6) is 0 Å². The molecule has 6 heteroatoms. The molecule has 0 aliphatic rings. The number of hydrogen-bond acceptors (Lipinski definition) is 4. The molecular weight excluding hydrogens is 318 g/mol. The van der Waals surface area contributed by atoms with Gasteiger partial charge in [0.05, 0.1) is 4.90 Å². The average Bonchev–Trinajstić information content (AvgIpc) is 2.86. The number of hydrogen-bond donors (Lipinski definition) is 1. The Labute approximate surface area is 135 Å². The summed E-state index contributed by atoms with van der Waals surface area (Å²) < 4.78 is 23.3. The fourth-order valence-electron chi connectivity index (χ4n) is 2.49. The predicted octanol–water partition coefficient (Wildman–Crippen LogP) is 3.01. The monoisotopic (exact) mass is 337 g/mol. The summed E-state index contributed by atoms with van der Waals surface area (Å²) in [5.41, 5.74) is 4.48. The molecule has 0 spiro atoms. The molecular formula is C16H19NO3S2. The molecule has 118 valence electrons. The van der Waals surface area contributed by atoms with E-state index in [-0.39, 0.29) is 15.7 Å². The van der Waals surface area contributed by atoms with Gasteiger partial charge in [-0.15, -0.1) is 11.3 Å². The number of nitrogens with one attached hydrogen (secondary N) is 1. The molecule has 0 radical (unpaired) electrons. The second-order valence-corrected chi connectivity index (χ2v) is 8.35. The van der Waals surface area contributed by atoms with Gasteiger partial charge in [0.1, 0.15) is 4.88 Å². The molecule has 4 nitrogen and oxygen atoms in total. The zero-order valence-corrected chi connectivity index (χ0v) is 14.7. The normalized spacial score (nSPS) is 11.5. The van der Waals surface area contributed by atoms with E-state index in [9.17, 15) is 13.2 Å². The van der Waals surface area contributed by atoms with Gasteiger partial charge in [-0.05, 0) is 48.9 Å². The summed E-state index contributed by atoms with van der Waals surface area (Å²) >= 11 is 1.14. The number of thiophene rings is 1. The standard InChI is InChI=1S/C16H19NO3S2/c1-10-7-11(2)13(12(3)8-10)9-17-16(18)15-14(5-6-21-15)22(4,19)20/h5-8H,9H2,1-4H3,(H,17,18). The van der Waals surface area contributed by atoms with Crippen LogP contribution in [-0.2, 0) is 16.4 Å². The SMILES string of the molecule is Cc1cc(C)c(CNC(=O)c2sccc2S(C)(=O)=O)c(C)c1. The number of benzene rings is 1. The van der Waals surface area contributed by atoms with Gasteiger partial charge in [-0.3, -0.25) is 4.79 Å². The van der Waals surface area contributed by atoms with E-state index in [0.717, 1.165) is 34.3 Å². The molecule has 1 amide bonds. The van der Waals surface area contributed by atoms with Crippen LogP contribution in [0, 0.1) is 20.8 Å². The fraction of sp³-hybridized carbons (Fsp3) is 0.312. The van der Waals surface area contributed by atoms with Crippen molar-refractivity contribution < 1.29 is 13.2 Å². The Morgan fingerprint density at radius 2 is 1.77 bits per heavy atom. The molecule has 0 aliphatic heterocycles. The number of carbonyl (C=O) groups is 1. The lowest BCUT2D eigenvalue weighted by atomic mass is 10.00. The average molecular weight is 337 g/mol. The molecule has 1 aromatic heterocycles. The molecule has 0 saturated heterocycles. The summed E-state index contributed by atoms with van der Waals surface area (Å²) in [4.78, 5) is 12.6. The van der Waals surface area contributed by atoms with Crippen molar-refractivity contribution >= 4 is 27.1 Å². The van der Waals surface area contributed by atoms with Gasteiger partial charge in [0, 0.05) is 12.8 Å². The van der Waals surface area contributed by atoms with Crippen LogP contribution in [0.3, 0.4) is 0 Å². The zero-order chi connectivity index (χ0) is 16.5. The Morgan fingerprint density at radius 1 is 1.18 bits per heavy atom. The van der Waals surface area contributed by atoms with E-state index in [1.165, 1.54) is 11.6 Å². The first-order valence-electron chi connectivity index (χ1n) is 6.82. The second kappa shape index (κ2) is 6.22. The van der Waals surface area contributed by atoms with Crippen molar-refractivity contribution in [2.75, 3.05) is 6.26 Å². The van der Waals surface area contributed by atoms with E-state index in [4.69, 9.17) is 0 Å². The van der Waals surface area contributed by atoms with Gasteiger partial charge < -0.3 is 5.32 Å². The Morgan fingerprint density at radius 3 is 2.32 bits per heavy atom. The maximum atomic E-state index is 12.3. The molecule has 0 saturated carbocycles. The third kappa shape index (κ3) is 3.56. The highest BCUT2D eigenvalue weighted by Crippen LogP contribution is 2.22. The van der Waals surface area contributed by atoms with E-state index in [2.05, 4.69) is 17.4 Å². The third-order valence-corrected chi connectivity index (χ3v) is 5.68. The minimum Gasteiger partial charge on any atom is -0.347 e. The van der Waals surface area contributed by atoms with E-state index in [1.807, 2.05) is 20.8 Å². The summed E-state index contributed by atoms with van der Waals surface area (Å²) in [5, 5.41) is 4.44. The van der Waals surface area contributed by atoms with Crippen molar-refractivity contribution in [2.24, 2.45) is 0 Å². The minimum atomic E-state index is -3.39. The van der Waals surface area contributed by atoms with Crippen molar-refractivity contribution in [3.05, 3.63) is 50.7 Å². The number of aryl methyl sites for hydroxylation is 3. The number of sulfone groups is 1. The van der Waals surface area contributed by atoms with Gasteiger partial charge >= 0.3 is 0 Å². The Kier molecular flexibility index (Phi) is 4.72. The molecule has 22 heavy (non-hydrogen) atoms. The van der Waals surface area contributed by atoms with Crippen LogP contribution in [0.1, 0.15) is 31.9 Å². The summed E-state index contributed by atoms with van der Waals surface area (Å²) in [6, 6.07) is 5.61. The van der Waals surface area contributed by atoms with Crippen molar-refractivity contribution in [3.63, 3.8) is 0 Å². The van der Waals surface area contributed by atoms with Crippen LogP contribution in [0.15, 0.2) is 28.5 Å². The third-order valence-electron chi connectivity index (χ3n) is 3.50. The van der Waals surface area contributed by atoms with Crippen LogP contribution in [-0.4, -0.2) is 20.6 Å². The van der Waals surface area contributed by atoms with Crippen LogP contribution in [0.4, 0.5) is 0 Å². The maximum Gasteiger partial charge on any atom is 0.262 e. The topological polar surface area (TPSA) is 63.2 Å². The molecule has 0 atom stereocenters. The quantitative estimate of drug-likeness (QED) is 0.933. The summed E-state index contributed by atoms with van der Waals surface area (Å²) in [6.45, 7) is 6.44. The molecule has 1 aromatic carbocycles. The maximum absolute atomic E-state index is 12.3. The summed E-state index contributed by atoms with van der Waals surface area (Å²) in [7, 11) is -3.39. The predicted molar refractivity (Wildman–Crippen MR) is 89.3 cm³/mol. The zero-order valence-electron chi connectivity index (χ0n) is 13.1. The molecule has 0 unspecified atom stereocenters. The largest absolute Gasteiger partial charge is 0.347 e. The highest BCUT2D eigenvalue weighted by atomic mass is 32.2. The summed E-state index contributed by atoms with van der Waals surface area (Å²) in [5.74, 6) is -0.352. The van der Waals surface area contributed by atoms with E-state index in [1.54, 1.807) is 5.38 Å². The first-order chi connectivity index (χ1) is 10.2. The van der Waals surface area contributed by atoms with Crippen molar-refractivity contribution in [1.29, 1.82) is 0 Å². The van der Waals surface area contributed by atoms with E-state index < -0.39 is 9.84 Å². The molecule has 0 aliphatic carbocycles. The van der Waals surface area contributed by atoms with Gasteiger partial charge in [-0.2, -0.15) is 0 Å². The Balaban J connectivity index is 2.20. The molecule has 1 N–H and O–H groups in total. The minimum absolute atomic E-state index is 0.0901. The lowest BCUT2D eigenvalue weighted by Crippen LogP contribution is -2.24. The molecule has 0 bridgehead atoms. The van der Waals surface area contributed by atoms with Crippen molar-refractivity contribution in [2.45, 2.75) is 32.2 Å². The number of amides is 1. The molecule has 1 heterocycles. The van der Waals surface area contributed by atoms with Crippen LogP contribution < -0.4 is 5.32 Å². The second-order valence-electron chi connectivity index (χ2n) is 5.45. The first-order valence-corrected chi connectivity index (χ1v) is 9.59. The van der Waals surface area contributed by atoms with Crippen LogP contribution >= 0.6 is 11.3 Å². The van der Waals surface area contributed by atoms with Gasteiger partial charge in [0.2, 0.25) is 0 Å². The highest BCUT2D eigenvalue weighted by Gasteiger charge is 2.20. The molecule has 2 aromatic rings. The molecule has 0 fully saturated rings. The van der Waals surface area contributed by atoms with Gasteiger partial charge in [-0.25, -0.2) is 8.42 Å².